The van der Waals surface area contributed by atoms with Gasteiger partial charge in [-0.05, 0) is 18.6 Å². The molecule has 0 spiro atoms. The lowest BCUT2D eigenvalue weighted by atomic mass is 10.2. The molecule has 0 aliphatic carbocycles. The Kier molecular flexibility index (Phi) is 5.07. The van der Waals surface area contributed by atoms with Crippen LogP contribution in [-0.2, 0) is 0 Å². The average molecular weight is 238 g/mol. The van der Waals surface area contributed by atoms with Crippen molar-refractivity contribution in [3.05, 3.63) is 22.8 Å². The maximum absolute atomic E-state index is 8.83. The summed E-state index contributed by atoms with van der Waals surface area (Å²) in [7, 11) is 1.97. The van der Waals surface area contributed by atoms with Gasteiger partial charge < -0.3 is 4.90 Å². The lowest BCUT2D eigenvalue weighted by Gasteiger charge is -2.18. The van der Waals surface area contributed by atoms with Gasteiger partial charge in [0.25, 0.3) is 0 Å². The summed E-state index contributed by atoms with van der Waals surface area (Å²) in [4.78, 5) is 6.23. The van der Waals surface area contributed by atoms with E-state index in [2.05, 4.69) is 18.0 Å². The molecule has 1 aromatic rings. The van der Waals surface area contributed by atoms with Crippen LogP contribution < -0.4 is 4.90 Å². The number of hydrogen-bond donors (Lipinski definition) is 0. The molecule has 0 aromatic carbocycles. The molecule has 0 unspecified atom stereocenters. The average Bonchev–Trinajstić information content (AvgIpc) is 2.28. The normalized spacial score (nSPS) is 9.88. The van der Waals surface area contributed by atoms with Crippen LogP contribution in [-0.4, -0.2) is 18.6 Å². The summed E-state index contributed by atoms with van der Waals surface area (Å²) in [5, 5.41) is 9.20. The van der Waals surface area contributed by atoms with Crippen molar-refractivity contribution in [1.29, 1.82) is 5.26 Å². The number of pyridine rings is 1. The van der Waals surface area contributed by atoms with Crippen LogP contribution in [0.2, 0.25) is 5.15 Å². The van der Waals surface area contributed by atoms with E-state index < -0.39 is 0 Å². The summed E-state index contributed by atoms with van der Waals surface area (Å²) >= 11 is 5.85. The van der Waals surface area contributed by atoms with Crippen LogP contribution in [0.4, 0.5) is 5.82 Å². The van der Waals surface area contributed by atoms with Crippen LogP contribution >= 0.6 is 11.6 Å². The van der Waals surface area contributed by atoms with Crippen LogP contribution in [0.25, 0.3) is 0 Å². The summed E-state index contributed by atoms with van der Waals surface area (Å²) in [6, 6.07) is 5.42. The predicted molar refractivity (Wildman–Crippen MR) is 66.8 cm³/mol. The first kappa shape index (κ1) is 12.8. The fourth-order valence-electron chi connectivity index (χ4n) is 1.46. The molecular formula is C12H16ClN3. The van der Waals surface area contributed by atoms with Gasteiger partial charge in [-0.2, -0.15) is 5.26 Å². The second-order valence-electron chi connectivity index (χ2n) is 3.78. The highest BCUT2D eigenvalue weighted by Crippen LogP contribution is 2.17. The molecule has 1 heterocycles. The Labute approximate surface area is 102 Å². The smallest absolute Gasteiger partial charge is 0.132 e. The summed E-state index contributed by atoms with van der Waals surface area (Å²) in [5.41, 5.74) is 0.553. The molecule has 86 valence electrons. The second-order valence-corrected chi connectivity index (χ2v) is 4.16. The number of aromatic nitrogens is 1. The number of unbranched alkanes of at least 4 members (excludes halogenated alkanes) is 2. The topological polar surface area (TPSA) is 39.9 Å². The molecule has 0 saturated carbocycles. The van der Waals surface area contributed by atoms with Gasteiger partial charge in [0.15, 0.2) is 0 Å². The monoisotopic (exact) mass is 237 g/mol. The fourth-order valence-corrected chi connectivity index (χ4v) is 1.66. The second kappa shape index (κ2) is 6.34. The van der Waals surface area contributed by atoms with Crippen molar-refractivity contribution in [2.24, 2.45) is 0 Å². The maximum Gasteiger partial charge on any atom is 0.132 e. The minimum atomic E-state index is 0.372. The summed E-state index contributed by atoms with van der Waals surface area (Å²) in [6.45, 7) is 3.11. The quantitative estimate of drug-likeness (QED) is 0.583. The van der Waals surface area contributed by atoms with Gasteiger partial charge in [-0.3, -0.25) is 0 Å². The number of hydrogen-bond acceptors (Lipinski definition) is 3. The lowest BCUT2D eigenvalue weighted by molar-refractivity contribution is 0.701. The molecule has 0 saturated heterocycles. The van der Waals surface area contributed by atoms with E-state index in [0.29, 0.717) is 10.7 Å². The lowest BCUT2D eigenvalue weighted by Crippen LogP contribution is -2.19. The van der Waals surface area contributed by atoms with Crippen LogP contribution in [0.15, 0.2) is 12.1 Å². The largest absolute Gasteiger partial charge is 0.360 e. The van der Waals surface area contributed by atoms with Crippen molar-refractivity contribution in [2.45, 2.75) is 26.2 Å². The Bertz CT molecular complexity index is 384. The van der Waals surface area contributed by atoms with Gasteiger partial charge in [-0.1, -0.05) is 31.4 Å². The van der Waals surface area contributed by atoms with E-state index in [0.717, 1.165) is 18.8 Å². The molecule has 16 heavy (non-hydrogen) atoms. The zero-order chi connectivity index (χ0) is 12.0. The Morgan fingerprint density at radius 1 is 1.44 bits per heavy atom. The van der Waals surface area contributed by atoms with Gasteiger partial charge in [-0.25, -0.2) is 4.98 Å². The zero-order valence-corrected chi connectivity index (χ0v) is 10.5. The van der Waals surface area contributed by atoms with E-state index in [-0.39, 0.29) is 0 Å². The van der Waals surface area contributed by atoms with E-state index in [4.69, 9.17) is 16.9 Å². The van der Waals surface area contributed by atoms with Crippen LogP contribution in [0.5, 0.6) is 0 Å². The molecule has 4 heteroatoms. The molecular weight excluding hydrogens is 222 g/mol. The van der Waals surface area contributed by atoms with Crippen LogP contribution in [0, 0.1) is 11.3 Å². The predicted octanol–water partition coefficient (Wildman–Crippen LogP) is 3.23. The summed E-state index contributed by atoms with van der Waals surface area (Å²) < 4.78 is 0. The molecule has 0 fully saturated rings. The fraction of sp³-hybridized carbons (Fsp3) is 0.500. The van der Waals surface area contributed by atoms with E-state index in [1.807, 2.05) is 11.9 Å². The zero-order valence-electron chi connectivity index (χ0n) is 9.70. The summed E-state index contributed by atoms with van der Waals surface area (Å²) in [6.07, 6.45) is 3.53. The number of rotatable bonds is 5. The molecule has 1 rings (SSSR count). The van der Waals surface area contributed by atoms with Gasteiger partial charge >= 0.3 is 0 Å². The number of nitrogens with zero attached hydrogens (tertiary/aromatic N) is 3. The van der Waals surface area contributed by atoms with Gasteiger partial charge in [0.2, 0.25) is 0 Å². The first-order chi connectivity index (χ1) is 7.67. The van der Waals surface area contributed by atoms with E-state index >= 15 is 0 Å². The third-order valence-corrected chi connectivity index (χ3v) is 2.59. The third kappa shape index (κ3) is 3.71. The number of halogens is 1. The molecule has 0 bridgehead atoms. The van der Waals surface area contributed by atoms with Crippen LogP contribution in [0.3, 0.4) is 0 Å². The number of nitriles is 1. The first-order valence-electron chi connectivity index (χ1n) is 5.46. The minimum Gasteiger partial charge on any atom is -0.360 e. The molecule has 0 aliphatic heterocycles. The van der Waals surface area contributed by atoms with E-state index in [1.54, 1.807) is 12.1 Å². The molecule has 0 N–H and O–H groups in total. The van der Waals surface area contributed by atoms with Crippen molar-refractivity contribution in [1.82, 2.24) is 4.98 Å². The molecule has 0 amide bonds. The van der Waals surface area contributed by atoms with E-state index in [1.165, 1.54) is 12.8 Å². The highest BCUT2D eigenvalue weighted by Gasteiger charge is 2.05. The van der Waals surface area contributed by atoms with Gasteiger partial charge in [0, 0.05) is 13.6 Å². The Morgan fingerprint density at radius 3 is 2.81 bits per heavy atom. The first-order valence-corrected chi connectivity index (χ1v) is 5.84. The Balaban J connectivity index is 2.71. The maximum atomic E-state index is 8.83. The number of anilines is 1. The highest BCUT2D eigenvalue weighted by atomic mass is 35.5. The van der Waals surface area contributed by atoms with Crippen molar-refractivity contribution in [3.63, 3.8) is 0 Å². The van der Waals surface area contributed by atoms with Crippen molar-refractivity contribution in [3.8, 4) is 6.07 Å². The van der Waals surface area contributed by atoms with Crippen molar-refractivity contribution in [2.75, 3.05) is 18.5 Å². The SMILES string of the molecule is CCCCCN(C)c1cc(C#N)cc(Cl)n1. The van der Waals surface area contributed by atoms with Gasteiger partial charge in [0.1, 0.15) is 11.0 Å². The molecule has 0 atom stereocenters. The molecule has 3 nitrogen and oxygen atoms in total. The standard InChI is InChI=1S/C12H16ClN3/c1-3-4-5-6-16(2)12-8-10(9-14)7-11(13)15-12/h7-8H,3-6H2,1-2H3. The van der Waals surface area contributed by atoms with Crippen molar-refractivity contribution < 1.29 is 0 Å². The molecule has 1 aromatic heterocycles. The molecule has 0 radical (unpaired) electrons. The molecule has 0 aliphatic rings. The minimum absolute atomic E-state index is 0.372. The van der Waals surface area contributed by atoms with Gasteiger partial charge in [0.05, 0.1) is 11.6 Å². The Hall–Kier alpha value is -1.27. The van der Waals surface area contributed by atoms with Gasteiger partial charge in [-0.15, -0.1) is 0 Å². The van der Waals surface area contributed by atoms with E-state index in [9.17, 15) is 0 Å². The van der Waals surface area contributed by atoms with Crippen LogP contribution in [0.1, 0.15) is 31.7 Å². The Morgan fingerprint density at radius 2 is 2.19 bits per heavy atom. The van der Waals surface area contributed by atoms with Crippen molar-refractivity contribution >= 4 is 17.4 Å². The third-order valence-electron chi connectivity index (χ3n) is 2.40. The summed E-state index contributed by atoms with van der Waals surface area (Å²) in [5.74, 6) is 0.764. The highest BCUT2D eigenvalue weighted by molar-refractivity contribution is 6.29.